The third-order valence-electron chi connectivity index (χ3n) is 4.01. The van der Waals surface area contributed by atoms with E-state index in [0.29, 0.717) is 39.2 Å². The summed E-state index contributed by atoms with van der Waals surface area (Å²) in [6.45, 7) is 6.59. The number of methoxy groups -OCH3 is 1. The van der Waals surface area contributed by atoms with Gasteiger partial charge >= 0.3 is 0 Å². The van der Waals surface area contributed by atoms with Crippen LogP contribution in [0.3, 0.4) is 0 Å². The lowest BCUT2D eigenvalue weighted by Crippen LogP contribution is -2.55. The van der Waals surface area contributed by atoms with Crippen molar-refractivity contribution in [2.45, 2.75) is 32.2 Å². The topological polar surface area (TPSA) is 87.9 Å². The number of rotatable bonds is 9. The molecule has 1 aliphatic rings. The molecule has 0 aliphatic carbocycles. The molecule has 1 atom stereocenters. The fourth-order valence-corrected chi connectivity index (χ4v) is 2.51. The number of ether oxygens (including phenoxy) is 1. The lowest BCUT2D eigenvalue weighted by atomic mass is 10.2. The monoisotopic (exact) mass is 314 g/mol. The van der Waals surface area contributed by atoms with Crippen LogP contribution in [0.1, 0.15) is 26.2 Å². The third kappa shape index (κ3) is 6.29. The van der Waals surface area contributed by atoms with Crippen molar-refractivity contribution >= 4 is 11.8 Å². The Morgan fingerprint density at radius 2 is 1.91 bits per heavy atom. The second-order valence-corrected chi connectivity index (χ2v) is 5.62. The molecule has 1 aliphatic heterocycles. The number of carbonyl (C=O) groups excluding carboxylic acids is 2. The number of nitrogens with zero attached hydrogens (tertiary/aromatic N) is 2. The van der Waals surface area contributed by atoms with E-state index in [2.05, 4.69) is 10.2 Å². The number of hydrogen-bond donors (Lipinski definition) is 2. The van der Waals surface area contributed by atoms with Gasteiger partial charge in [-0.25, -0.2) is 0 Å². The molecule has 0 aromatic rings. The van der Waals surface area contributed by atoms with Crippen LogP contribution in [0.4, 0.5) is 0 Å². The number of carbonyl (C=O) groups is 2. The Morgan fingerprint density at radius 3 is 2.50 bits per heavy atom. The number of piperazine rings is 1. The first-order valence-electron chi connectivity index (χ1n) is 8.08. The molecule has 0 aromatic carbocycles. The average molecular weight is 314 g/mol. The van der Waals surface area contributed by atoms with Gasteiger partial charge in [-0.05, 0) is 26.3 Å². The van der Waals surface area contributed by atoms with Gasteiger partial charge in [-0.3, -0.25) is 14.5 Å². The molecular weight excluding hydrogens is 284 g/mol. The Bertz CT molecular complexity index is 344. The molecule has 0 bridgehead atoms. The minimum atomic E-state index is -0.163. The van der Waals surface area contributed by atoms with Crippen molar-refractivity contribution in [3.8, 4) is 0 Å². The fraction of sp³-hybridized carbons (Fsp3) is 0.867. The summed E-state index contributed by atoms with van der Waals surface area (Å²) in [6.07, 6.45) is 2.07. The zero-order valence-electron chi connectivity index (χ0n) is 13.8. The molecule has 2 amide bonds. The van der Waals surface area contributed by atoms with Crippen molar-refractivity contribution in [3.05, 3.63) is 0 Å². The molecule has 22 heavy (non-hydrogen) atoms. The summed E-state index contributed by atoms with van der Waals surface area (Å²) in [6, 6.07) is -0.163. The average Bonchev–Trinajstić information content (AvgIpc) is 2.55. The zero-order chi connectivity index (χ0) is 16.4. The molecule has 7 nitrogen and oxygen atoms in total. The standard InChI is InChI=1S/C15H30N4O3/c1-13(15(21)17-7-4-12-22-2)18-8-10-19(11-9-18)14(20)5-3-6-16/h13H,3-12,16H2,1-2H3,(H,17,21). The first kappa shape index (κ1) is 18.9. The van der Waals surface area contributed by atoms with Gasteiger partial charge in [0.15, 0.2) is 0 Å². The highest BCUT2D eigenvalue weighted by Gasteiger charge is 2.26. The Kier molecular flexibility index (Phi) is 9.03. The Labute approximate surface area is 133 Å². The predicted molar refractivity (Wildman–Crippen MR) is 85.4 cm³/mol. The summed E-state index contributed by atoms with van der Waals surface area (Å²) >= 11 is 0. The number of amides is 2. The van der Waals surface area contributed by atoms with E-state index >= 15 is 0 Å². The summed E-state index contributed by atoms with van der Waals surface area (Å²) < 4.78 is 4.96. The molecule has 1 saturated heterocycles. The van der Waals surface area contributed by atoms with Crippen LogP contribution in [0.25, 0.3) is 0 Å². The highest BCUT2D eigenvalue weighted by Crippen LogP contribution is 2.08. The summed E-state index contributed by atoms with van der Waals surface area (Å²) in [5, 5.41) is 2.92. The van der Waals surface area contributed by atoms with Crippen LogP contribution in [-0.2, 0) is 14.3 Å². The van der Waals surface area contributed by atoms with Crippen LogP contribution in [0.15, 0.2) is 0 Å². The van der Waals surface area contributed by atoms with Crippen molar-refractivity contribution in [1.82, 2.24) is 15.1 Å². The summed E-state index contributed by atoms with van der Waals surface area (Å²) in [5.74, 6) is 0.209. The summed E-state index contributed by atoms with van der Waals surface area (Å²) in [4.78, 5) is 28.0. The smallest absolute Gasteiger partial charge is 0.237 e. The first-order chi connectivity index (χ1) is 10.6. The van der Waals surface area contributed by atoms with Crippen molar-refractivity contribution in [3.63, 3.8) is 0 Å². The SMILES string of the molecule is COCCCNC(=O)C(C)N1CCN(C(=O)CCCN)CC1. The van der Waals surface area contributed by atoms with Crippen molar-refractivity contribution in [2.24, 2.45) is 5.73 Å². The van der Waals surface area contributed by atoms with Gasteiger partial charge in [-0.1, -0.05) is 0 Å². The normalized spacial score (nSPS) is 17.3. The van der Waals surface area contributed by atoms with Gasteiger partial charge in [0.25, 0.3) is 0 Å². The van der Waals surface area contributed by atoms with E-state index in [9.17, 15) is 9.59 Å². The lowest BCUT2D eigenvalue weighted by molar-refractivity contribution is -0.134. The van der Waals surface area contributed by atoms with Crippen molar-refractivity contribution < 1.29 is 14.3 Å². The molecule has 128 valence electrons. The highest BCUT2D eigenvalue weighted by molar-refractivity contribution is 5.81. The third-order valence-corrected chi connectivity index (χ3v) is 4.01. The molecule has 0 saturated carbocycles. The van der Waals surface area contributed by atoms with Crippen molar-refractivity contribution in [2.75, 3.05) is 53.0 Å². The minimum Gasteiger partial charge on any atom is -0.385 e. The van der Waals surface area contributed by atoms with Gasteiger partial charge in [0.2, 0.25) is 11.8 Å². The Hall–Kier alpha value is -1.18. The summed E-state index contributed by atoms with van der Waals surface area (Å²) in [5.41, 5.74) is 5.43. The van der Waals surface area contributed by atoms with Gasteiger partial charge in [-0.2, -0.15) is 0 Å². The number of hydrogen-bond acceptors (Lipinski definition) is 5. The quantitative estimate of drug-likeness (QED) is 0.556. The zero-order valence-corrected chi connectivity index (χ0v) is 13.8. The maximum atomic E-state index is 12.1. The van der Waals surface area contributed by atoms with Gasteiger partial charge in [-0.15, -0.1) is 0 Å². The fourth-order valence-electron chi connectivity index (χ4n) is 2.51. The van der Waals surface area contributed by atoms with E-state index in [0.717, 1.165) is 25.9 Å². The van der Waals surface area contributed by atoms with Crippen LogP contribution in [0, 0.1) is 0 Å². The Morgan fingerprint density at radius 1 is 1.23 bits per heavy atom. The lowest BCUT2D eigenvalue weighted by Gasteiger charge is -2.37. The van der Waals surface area contributed by atoms with Gasteiger partial charge in [0.05, 0.1) is 6.04 Å². The molecule has 0 spiro atoms. The van der Waals surface area contributed by atoms with Crippen LogP contribution < -0.4 is 11.1 Å². The second-order valence-electron chi connectivity index (χ2n) is 5.62. The van der Waals surface area contributed by atoms with E-state index in [1.165, 1.54) is 0 Å². The number of nitrogens with one attached hydrogen (secondary N) is 1. The largest absolute Gasteiger partial charge is 0.385 e. The van der Waals surface area contributed by atoms with E-state index in [1.54, 1.807) is 7.11 Å². The molecule has 3 N–H and O–H groups in total. The summed E-state index contributed by atoms with van der Waals surface area (Å²) in [7, 11) is 1.65. The second kappa shape index (κ2) is 10.5. The molecule has 7 heteroatoms. The van der Waals surface area contributed by atoms with Crippen LogP contribution in [0.5, 0.6) is 0 Å². The first-order valence-corrected chi connectivity index (χ1v) is 8.08. The van der Waals surface area contributed by atoms with E-state index in [1.807, 2.05) is 11.8 Å². The molecule has 0 radical (unpaired) electrons. The highest BCUT2D eigenvalue weighted by atomic mass is 16.5. The van der Waals surface area contributed by atoms with Gasteiger partial charge in [0.1, 0.15) is 0 Å². The minimum absolute atomic E-state index is 0.0408. The molecular formula is C15H30N4O3. The van der Waals surface area contributed by atoms with E-state index < -0.39 is 0 Å². The van der Waals surface area contributed by atoms with E-state index in [-0.39, 0.29) is 17.9 Å². The molecule has 1 heterocycles. The predicted octanol–water partition coefficient (Wildman–Crippen LogP) is -0.589. The van der Waals surface area contributed by atoms with E-state index in [4.69, 9.17) is 10.5 Å². The molecule has 1 fully saturated rings. The van der Waals surface area contributed by atoms with Crippen LogP contribution >= 0.6 is 0 Å². The maximum absolute atomic E-state index is 12.1. The van der Waals surface area contributed by atoms with Gasteiger partial charge < -0.3 is 20.7 Å². The van der Waals surface area contributed by atoms with Crippen LogP contribution in [-0.4, -0.2) is 80.6 Å². The van der Waals surface area contributed by atoms with Crippen LogP contribution in [0.2, 0.25) is 0 Å². The molecule has 0 aromatic heterocycles. The Balaban J connectivity index is 2.28. The van der Waals surface area contributed by atoms with Crippen molar-refractivity contribution in [1.29, 1.82) is 0 Å². The maximum Gasteiger partial charge on any atom is 0.237 e. The molecule has 1 rings (SSSR count). The number of nitrogens with two attached hydrogens (primary N) is 1. The van der Waals surface area contributed by atoms with Gasteiger partial charge in [0, 0.05) is 52.9 Å². The molecule has 1 unspecified atom stereocenters.